The second kappa shape index (κ2) is 13.3. The van der Waals surface area contributed by atoms with Gasteiger partial charge in [0.05, 0.1) is 35.8 Å². The second-order valence-corrected chi connectivity index (χ2v) is 15.0. The third-order valence-corrected chi connectivity index (χ3v) is 11.9. The highest BCUT2D eigenvalue weighted by Crippen LogP contribution is 2.69. The van der Waals surface area contributed by atoms with Gasteiger partial charge in [-0.25, -0.2) is 0 Å². The highest BCUT2D eigenvalue weighted by molar-refractivity contribution is 8.02. The maximum absolute atomic E-state index is 15.0. The molecule has 3 aliphatic rings. The summed E-state index contributed by atoms with van der Waals surface area (Å²) in [7, 11) is 0. The van der Waals surface area contributed by atoms with Gasteiger partial charge in [-0.15, -0.1) is 24.9 Å². The summed E-state index contributed by atoms with van der Waals surface area (Å²) >= 11 is 1.64. The zero-order chi connectivity index (χ0) is 33.4. The van der Waals surface area contributed by atoms with E-state index in [1.807, 2.05) is 82.3 Å². The molecule has 0 saturated carbocycles. The fraction of sp³-hybridized carbons (Fsp3) is 0.486. The van der Waals surface area contributed by atoms with E-state index >= 15 is 0 Å². The highest BCUT2D eigenvalue weighted by Gasteiger charge is 2.77. The number of nitrogens with zero attached hydrogens (tertiary/aromatic N) is 3. The minimum Gasteiger partial charge on any atom is -0.494 e. The lowest BCUT2D eigenvalue weighted by Gasteiger charge is -2.45. The van der Waals surface area contributed by atoms with E-state index in [0.29, 0.717) is 31.0 Å². The molecule has 2 aromatic rings. The van der Waals surface area contributed by atoms with Crippen LogP contribution in [0.25, 0.3) is 0 Å². The van der Waals surface area contributed by atoms with Gasteiger partial charge in [0.15, 0.2) is 0 Å². The number of aliphatic hydroxyl groups is 1. The number of ether oxygens (including phenoxy) is 1. The number of carbonyl (C=O) groups is 3. The van der Waals surface area contributed by atoms with E-state index in [4.69, 9.17) is 4.74 Å². The third kappa shape index (κ3) is 5.55. The van der Waals surface area contributed by atoms with E-state index in [9.17, 15) is 19.5 Å². The molecule has 3 heterocycles. The molecule has 3 saturated heterocycles. The lowest BCUT2D eigenvalue weighted by molar-refractivity contribution is -0.148. The third-order valence-electron chi connectivity index (χ3n) is 9.82. The van der Waals surface area contributed by atoms with Crippen LogP contribution in [-0.4, -0.2) is 80.5 Å². The molecule has 5 rings (SSSR count). The summed E-state index contributed by atoms with van der Waals surface area (Å²) in [5.41, 5.74) is 0.890. The smallest absolute Gasteiger partial charge is 0.247 e. The largest absolute Gasteiger partial charge is 0.494 e. The summed E-state index contributed by atoms with van der Waals surface area (Å²) in [6.45, 7) is 18.6. The number of amides is 3. The number of rotatable bonds is 12. The van der Waals surface area contributed by atoms with Gasteiger partial charge in [-0.05, 0) is 69.9 Å². The number of aliphatic hydroxyl groups excluding tert-OH is 1. The molecule has 8 nitrogen and oxygen atoms in total. The van der Waals surface area contributed by atoms with Crippen molar-refractivity contribution in [3.05, 3.63) is 85.5 Å². The van der Waals surface area contributed by atoms with Crippen LogP contribution in [0.1, 0.15) is 52.6 Å². The average molecular weight is 646 g/mol. The van der Waals surface area contributed by atoms with Crippen LogP contribution in [-0.2, 0) is 14.4 Å². The van der Waals surface area contributed by atoms with E-state index < -0.39 is 34.2 Å². The molecule has 3 unspecified atom stereocenters. The first-order valence-corrected chi connectivity index (χ1v) is 17.1. The van der Waals surface area contributed by atoms with Gasteiger partial charge >= 0.3 is 0 Å². The summed E-state index contributed by atoms with van der Waals surface area (Å²) in [5, 5.41) is 10.7. The molecule has 2 bridgehead atoms. The Morgan fingerprint density at radius 3 is 2.30 bits per heavy atom. The zero-order valence-electron chi connectivity index (χ0n) is 27.6. The van der Waals surface area contributed by atoms with Crippen LogP contribution in [0.5, 0.6) is 5.75 Å². The van der Waals surface area contributed by atoms with Crippen LogP contribution < -0.4 is 9.64 Å². The van der Waals surface area contributed by atoms with E-state index in [0.717, 1.165) is 5.56 Å². The average Bonchev–Trinajstić information content (AvgIpc) is 3.63. The number of hydrogen-bond acceptors (Lipinski definition) is 6. The van der Waals surface area contributed by atoms with Crippen molar-refractivity contribution >= 4 is 35.2 Å². The molecule has 3 fully saturated rings. The SMILES string of the molecule is C=CCN(C(=O)[C@@H]1[C@@H]2CC(C)C3(S2)C(C(=O)N(CC=C)C(C)(C)C)N([C@H](CO)c2ccccc2)C(=O)[C@H]13)c1ccc(OCC)cc1. The quantitative estimate of drug-likeness (QED) is 0.307. The molecule has 0 aliphatic carbocycles. The molecule has 46 heavy (non-hydrogen) atoms. The van der Waals surface area contributed by atoms with E-state index in [2.05, 4.69) is 20.1 Å². The van der Waals surface area contributed by atoms with Crippen LogP contribution >= 0.6 is 11.8 Å². The predicted molar refractivity (Wildman–Crippen MR) is 184 cm³/mol. The van der Waals surface area contributed by atoms with Crippen LogP contribution in [0.3, 0.4) is 0 Å². The normalized spacial score (nSPS) is 27.2. The Labute approximate surface area is 277 Å². The van der Waals surface area contributed by atoms with E-state index in [-0.39, 0.29) is 42.0 Å². The number of anilines is 1. The first-order chi connectivity index (χ1) is 22.0. The van der Waals surface area contributed by atoms with Crippen molar-refractivity contribution in [1.29, 1.82) is 0 Å². The summed E-state index contributed by atoms with van der Waals surface area (Å²) in [4.78, 5) is 49.8. The number of fused-ring (bicyclic) bond motifs is 1. The molecule has 1 N–H and O–H groups in total. The summed E-state index contributed by atoms with van der Waals surface area (Å²) in [5.74, 6) is -1.26. The predicted octanol–water partition coefficient (Wildman–Crippen LogP) is 5.49. The minimum absolute atomic E-state index is 0.0153. The van der Waals surface area contributed by atoms with Gasteiger partial charge in [-0.1, -0.05) is 49.4 Å². The molecule has 9 heteroatoms. The summed E-state index contributed by atoms with van der Waals surface area (Å²) < 4.78 is 4.78. The maximum atomic E-state index is 15.0. The second-order valence-electron chi connectivity index (χ2n) is 13.5. The van der Waals surface area contributed by atoms with Gasteiger partial charge in [0, 0.05) is 29.6 Å². The van der Waals surface area contributed by atoms with Crippen LogP contribution in [0.2, 0.25) is 0 Å². The molecule has 1 spiro atoms. The Balaban J connectivity index is 1.63. The minimum atomic E-state index is -0.873. The van der Waals surface area contributed by atoms with E-state index in [1.165, 1.54) is 0 Å². The van der Waals surface area contributed by atoms with Gasteiger partial charge in [0.25, 0.3) is 0 Å². The summed E-state index contributed by atoms with van der Waals surface area (Å²) in [6.07, 6.45) is 4.11. The van der Waals surface area contributed by atoms with Gasteiger partial charge in [0.2, 0.25) is 17.7 Å². The van der Waals surface area contributed by atoms with Crippen molar-refractivity contribution in [3.8, 4) is 5.75 Å². The van der Waals surface area contributed by atoms with Crippen molar-refractivity contribution in [3.63, 3.8) is 0 Å². The molecular weight excluding hydrogens is 598 g/mol. The van der Waals surface area contributed by atoms with Crippen molar-refractivity contribution in [2.45, 2.75) is 68.7 Å². The highest BCUT2D eigenvalue weighted by atomic mass is 32.2. The lowest BCUT2D eigenvalue weighted by Crippen LogP contribution is -2.61. The van der Waals surface area contributed by atoms with Crippen LogP contribution in [0, 0.1) is 17.8 Å². The number of likely N-dealkylation sites (tertiary alicyclic amines) is 1. The van der Waals surface area contributed by atoms with Crippen molar-refractivity contribution < 1.29 is 24.2 Å². The fourth-order valence-corrected chi connectivity index (χ4v) is 10.3. The topological polar surface area (TPSA) is 90.4 Å². The summed E-state index contributed by atoms with van der Waals surface area (Å²) in [6, 6.07) is 15.1. The molecule has 3 amide bonds. The van der Waals surface area contributed by atoms with Crippen molar-refractivity contribution in [1.82, 2.24) is 9.80 Å². The Morgan fingerprint density at radius 1 is 1.09 bits per heavy atom. The fourth-order valence-electron chi connectivity index (χ4n) is 7.88. The first-order valence-electron chi connectivity index (χ1n) is 16.2. The molecule has 7 atom stereocenters. The number of carbonyl (C=O) groups excluding carboxylic acids is 3. The standard InChI is InChI=1S/C37H47N3O5S/c1-8-20-38(26-16-18-27(19-17-26)45-10-3)33(42)30-29-22-24(4)37(46-29)31(30)34(43)40(28(23-41)25-14-12-11-13-15-25)32(37)35(44)39(21-9-2)36(5,6)7/h8-9,11-19,24,28-32,41H,1-2,10,20-23H2,3-7H3/t24?,28-,29+,30-,31+,32?,37?/m1/s1. The zero-order valence-corrected chi connectivity index (χ0v) is 28.4. The number of hydrogen-bond donors (Lipinski definition) is 1. The number of benzene rings is 2. The Bertz CT molecular complexity index is 1460. The van der Waals surface area contributed by atoms with Crippen LogP contribution in [0.15, 0.2) is 79.9 Å². The molecule has 246 valence electrons. The molecule has 0 radical (unpaired) electrons. The van der Waals surface area contributed by atoms with E-state index in [1.54, 1.807) is 38.6 Å². The van der Waals surface area contributed by atoms with Crippen LogP contribution in [0.4, 0.5) is 5.69 Å². The Morgan fingerprint density at radius 2 is 1.74 bits per heavy atom. The Hall–Kier alpha value is -3.56. The van der Waals surface area contributed by atoms with Gasteiger partial charge < -0.3 is 24.5 Å². The lowest BCUT2D eigenvalue weighted by atomic mass is 9.65. The van der Waals surface area contributed by atoms with Gasteiger partial charge in [-0.2, -0.15) is 0 Å². The molecule has 2 aromatic carbocycles. The molecule has 3 aliphatic heterocycles. The Kier molecular flexibility index (Phi) is 9.76. The van der Waals surface area contributed by atoms with Gasteiger partial charge in [0.1, 0.15) is 11.8 Å². The molecular formula is C37H47N3O5S. The maximum Gasteiger partial charge on any atom is 0.247 e. The van der Waals surface area contributed by atoms with Gasteiger partial charge in [-0.3, -0.25) is 14.4 Å². The first kappa shape index (κ1) is 33.8. The van der Waals surface area contributed by atoms with Crippen molar-refractivity contribution in [2.75, 3.05) is 31.2 Å². The number of thioether (sulfide) groups is 1. The monoisotopic (exact) mass is 645 g/mol. The molecule has 0 aromatic heterocycles. The van der Waals surface area contributed by atoms with Crippen molar-refractivity contribution in [2.24, 2.45) is 17.8 Å².